The zero-order chi connectivity index (χ0) is 15.4. The molecule has 0 unspecified atom stereocenters. The summed E-state index contributed by atoms with van der Waals surface area (Å²) in [7, 11) is 0. The van der Waals surface area contributed by atoms with Gasteiger partial charge in [0.15, 0.2) is 0 Å². The zero-order valence-corrected chi connectivity index (χ0v) is 12.9. The molecule has 0 bridgehead atoms. The fourth-order valence-electron chi connectivity index (χ4n) is 2.42. The molecule has 116 valence electrons. The van der Waals surface area contributed by atoms with E-state index in [0.717, 1.165) is 29.5 Å². The predicted octanol–water partition coefficient (Wildman–Crippen LogP) is 2.18. The molecule has 0 radical (unpaired) electrons. The zero-order valence-electron chi connectivity index (χ0n) is 12.9. The molecule has 1 fully saturated rings. The van der Waals surface area contributed by atoms with Gasteiger partial charge in [-0.05, 0) is 37.8 Å². The van der Waals surface area contributed by atoms with Crippen molar-refractivity contribution < 1.29 is 4.79 Å². The molecular formula is C17H22N4O. The quantitative estimate of drug-likeness (QED) is 0.823. The van der Waals surface area contributed by atoms with Crippen LogP contribution in [0.25, 0.3) is 0 Å². The number of rotatable bonds is 7. The number of aromatic nitrogens is 2. The fraction of sp³-hybridized carbons (Fsp3) is 0.412. The summed E-state index contributed by atoms with van der Waals surface area (Å²) in [5, 5.41) is 10.6. The molecule has 1 amide bonds. The average Bonchev–Trinajstić information content (AvgIpc) is 3.25. The number of anilines is 1. The lowest BCUT2D eigenvalue weighted by Crippen LogP contribution is -2.30. The molecule has 0 spiro atoms. The maximum Gasteiger partial charge on any atom is 0.239 e. The second-order valence-electron chi connectivity index (χ2n) is 5.94. The third kappa shape index (κ3) is 4.18. The van der Waals surface area contributed by atoms with Crippen LogP contribution in [0.3, 0.4) is 0 Å². The number of aryl methyl sites for hydroxylation is 1. The first-order chi connectivity index (χ1) is 10.7. The lowest BCUT2D eigenvalue weighted by molar-refractivity contribution is -0.115. The maximum atomic E-state index is 12.0. The number of hydrogen-bond donors (Lipinski definition) is 2. The van der Waals surface area contributed by atoms with Crippen LogP contribution in [-0.4, -0.2) is 28.8 Å². The summed E-state index contributed by atoms with van der Waals surface area (Å²) >= 11 is 0. The Morgan fingerprint density at radius 2 is 2.09 bits per heavy atom. The molecule has 1 aliphatic carbocycles. The molecule has 1 heterocycles. The monoisotopic (exact) mass is 298 g/mol. The lowest BCUT2D eigenvalue weighted by atomic mass is 10.2. The Kier molecular flexibility index (Phi) is 4.53. The Bertz CT molecular complexity index is 631. The number of hydrogen-bond acceptors (Lipinski definition) is 3. The van der Waals surface area contributed by atoms with E-state index in [1.807, 2.05) is 35.9 Å². The summed E-state index contributed by atoms with van der Waals surface area (Å²) < 4.78 is 1.84. The van der Waals surface area contributed by atoms with Crippen molar-refractivity contribution in [2.45, 2.75) is 26.3 Å². The molecule has 0 atom stereocenters. The predicted molar refractivity (Wildman–Crippen MR) is 86.7 cm³/mol. The normalized spacial score (nSPS) is 14.0. The Morgan fingerprint density at radius 3 is 2.82 bits per heavy atom. The third-order valence-corrected chi connectivity index (χ3v) is 3.76. The van der Waals surface area contributed by atoms with Gasteiger partial charge in [-0.25, -0.2) is 4.68 Å². The molecule has 2 N–H and O–H groups in total. The van der Waals surface area contributed by atoms with Gasteiger partial charge in [-0.1, -0.05) is 30.3 Å². The lowest BCUT2D eigenvalue weighted by Gasteiger charge is -2.09. The van der Waals surface area contributed by atoms with E-state index in [2.05, 4.69) is 27.9 Å². The van der Waals surface area contributed by atoms with E-state index >= 15 is 0 Å². The van der Waals surface area contributed by atoms with Gasteiger partial charge >= 0.3 is 0 Å². The van der Waals surface area contributed by atoms with E-state index in [1.54, 1.807) is 0 Å². The second-order valence-corrected chi connectivity index (χ2v) is 5.94. The molecule has 5 heteroatoms. The molecule has 1 saturated carbocycles. The van der Waals surface area contributed by atoms with Gasteiger partial charge in [0.05, 0.1) is 18.8 Å². The van der Waals surface area contributed by atoms with Crippen LogP contribution in [0.15, 0.2) is 36.4 Å². The Hall–Kier alpha value is -2.14. The van der Waals surface area contributed by atoms with Crippen LogP contribution in [0.2, 0.25) is 0 Å². The number of amides is 1. The largest absolute Gasteiger partial charge is 0.310 e. The Morgan fingerprint density at radius 1 is 1.32 bits per heavy atom. The van der Waals surface area contributed by atoms with E-state index in [0.29, 0.717) is 13.1 Å². The molecule has 0 aliphatic heterocycles. The molecule has 1 aromatic carbocycles. The number of nitrogens with zero attached hydrogens (tertiary/aromatic N) is 2. The molecule has 5 nitrogen and oxygen atoms in total. The van der Waals surface area contributed by atoms with Crippen LogP contribution in [-0.2, 0) is 11.3 Å². The molecule has 1 aliphatic rings. The summed E-state index contributed by atoms with van der Waals surface area (Å²) in [6, 6.07) is 12.0. The van der Waals surface area contributed by atoms with Crippen LogP contribution in [0.5, 0.6) is 0 Å². The van der Waals surface area contributed by atoms with Gasteiger partial charge in [-0.3, -0.25) is 4.79 Å². The van der Waals surface area contributed by atoms with Crippen LogP contribution in [0.4, 0.5) is 5.82 Å². The van der Waals surface area contributed by atoms with Crippen LogP contribution < -0.4 is 10.6 Å². The molecule has 3 rings (SSSR count). The van der Waals surface area contributed by atoms with Crippen LogP contribution >= 0.6 is 0 Å². The van der Waals surface area contributed by atoms with Crippen molar-refractivity contribution in [2.75, 3.05) is 18.4 Å². The first-order valence-electron chi connectivity index (χ1n) is 7.79. The van der Waals surface area contributed by atoms with Gasteiger partial charge in [0.2, 0.25) is 5.91 Å². The number of carbonyl (C=O) groups excluding carboxylic acids is 1. The smallest absolute Gasteiger partial charge is 0.239 e. The second kappa shape index (κ2) is 6.75. The summed E-state index contributed by atoms with van der Waals surface area (Å²) in [5.41, 5.74) is 2.06. The maximum absolute atomic E-state index is 12.0. The Labute approximate surface area is 130 Å². The highest BCUT2D eigenvalue weighted by molar-refractivity contribution is 5.91. The highest BCUT2D eigenvalue weighted by Gasteiger charge is 2.20. The van der Waals surface area contributed by atoms with Crippen molar-refractivity contribution >= 4 is 11.7 Å². The standard InChI is InChI=1S/C17H22N4O/c1-13-9-16(19-17(22)11-18-10-14-7-8-14)21(20-13)12-15-5-3-2-4-6-15/h2-6,9,14,18H,7-8,10-12H2,1H3,(H,19,22). The van der Waals surface area contributed by atoms with Crippen LogP contribution in [0.1, 0.15) is 24.1 Å². The third-order valence-electron chi connectivity index (χ3n) is 3.76. The van der Waals surface area contributed by atoms with Crippen molar-refractivity contribution in [3.8, 4) is 0 Å². The van der Waals surface area contributed by atoms with E-state index in [-0.39, 0.29) is 5.91 Å². The molecule has 2 aromatic rings. The minimum absolute atomic E-state index is 0.0186. The number of nitrogens with one attached hydrogen (secondary N) is 2. The van der Waals surface area contributed by atoms with Gasteiger partial charge in [0.25, 0.3) is 0 Å². The van der Waals surface area contributed by atoms with Gasteiger partial charge in [-0.15, -0.1) is 0 Å². The minimum Gasteiger partial charge on any atom is -0.310 e. The number of carbonyl (C=O) groups is 1. The van der Waals surface area contributed by atoms with E-state index < -0.39 is 0 Å². The summed E-state index contributed by atoms with van der Waals surface area (Å²) in [5.74, 6) is 1.51. The van der Waals surface area contributed by atoms with Crippen molar-refractivity contribution in [3.63, 3.8) is 0 Å². The van der Waals surface area contributed by atoms with Gasteiger partial charge < -0.3 is 10.6 Å². The highest BCUT2D eigenvalue weighted by Crippen LogP contribution is 2.27. The van der Waals surface area contributed by atoms with Crippen molar-refractivity contribution in [2.24, 2.45) is 5.92 Å². The molecule has 22 heavy (non-hydrogen) atoms. The van der Waals surface area contributed by atoms with E-state index in [9.17, 15) is 4.79 Å². The van der Waals surface area contributed by atoms with E-state index in [4.69, 9.17) is 0 Å². The molecular weight excluding hydrogens is 276 g/mol. The van der Waals surface area contributed by atoms with Crippen molar-refractivity contribution in [1.82, 2.24) is 15.1 Å². The van der Waals surface area contributed by atoms with Gasteiger partial charge in [0, 0.05) is 6.07 Å². The van der Waals surface area contributed by atoms with Gasteiger partial charge in [0.1, 0.15) is 5.82 Å². The summed E-state index contributed by atoms with van der Waals surface area (Å²) in [4.78, 5) is 12.0. The summed E-state index contributed by atoms with van der Waals surface area (Å²) in [6.45, 7) is 3.88. The van der Waals surface area contributed by atoms with Gasteiger partial charge in [-0.2, -0.15) is 5.10 Å². The van der Waals surface area contributed by atoms with Crippen molar-refractivity contribution in [1.29, 1.82) is 0 Å². The summed E-state index contributed by atoms with van der Waals surface area (Å²) in [6.07, 6.45) is 2.58. The topological polar surface area (TPSA) is 59.0 Å². The SMILES string of the molecule is Cc1cc(NC(=O)CNCC2CC2)n(Cc2ccccc2)n1. The van der Waals surface area contributed by atoms with Crippen LogP contribution in [0, 0.1) is 12.8 Å². The highest BCUT2D eigenvalue weighted by atomic mass is 16.2. The van der Waals surface area contributed by atoms with Crippen molar-refractivity contribution in [3.05, 3.63) is 47.7 Å². The molecule has 0 saturated heterocycles. The number of benzene rings is 1. The first kappa shape index (κ1) is 14.8. The van der Waals surface area contributed by atoms with E-state index in [1.165, 1.54) is 12.8 Å². The Balaban J connectivity index is 1.59. The fourth-order valence-corrected chi connectivity index (χ4v) is 2.42. The average molecular weight is 298 g/mol. The molecule has 1 aromatic heterocycles. The minimum atomic E-state index is -0.0186. The first-order valence-corrected chi connectivity index (χ1v) is 7.79.